The van der Waals surface area contributed by atoms with Crippen molar-refractivity contribution in [1.29, 1.82) is 0 Å². The Morgan fingerprint density at radius 2 is 2.17 bits per heavy atom. The van der Waals surface area contributed by atoms with Crippen molar-refractivity contribution >= 4 is 17.5 Å². The summed E-state index contributed by atoms with van der Waals surface area (Å²) in [4.78, 5) is 22.6. The summed E-state index contributed by atoms with van der Waals surface area (Å²) in [5, 5.41) is 3.59. The zero-order chi connectivity index (χ0) is 15.8. The van der Waals surface area contributed by atoms with Crippen molar-refractivity contribution in [3.05, 3.63) is 39.8 Å². The van der Waals surface area contributed by atoms with E-state index in [9.17, 15) is 4.79 Å². The van der Waals surface area contributed by atoms with E-state index in [4.69, 9.17) is 11.6 Å². The van der Waals surface area contributed by atoms with E-state index in [0.29, 0.717) is 11.7 Å². The fraction of sp³-hybridized carbons (Fsp3) is 0.412. The van der Waals surface area contributed by atoms with E-state index in [2.05, 4.69) is 27.2 Å². The van der Waals surface area contributed by atoms with Crippen molar-refractivity contribution < 1.29 is 4.79 Å². The number of carbonyl (C=O) groups excluding carboxylic acids is 1. The van der Waals surface area contributed by atoms with Crippen molar-refractivity contribution in [2.24, 2.45) is 0 Å². The quantitative estimate of drug-likeness (QED) is 0.724. The zero-order valence-electron chi connectivity index (χ0n) is 12.9. The Kier molecular flexibility index (Phi) is 2.58. The van der Waals surface area contributed by atoms with Crippen LogP contribution >= 0.6 is 11.6 Å². The number of likely N-dealkylation sites (N-methyl/N-ethyl adjacent to an activating group) is 1. The van der Waals surface area contributed by atoms with Gasteiger partial charge in [-0.25, -0.2) is 4.98 Å². The van der Waals surface area contributed by atoms with Gasteiger partial charge in [-0.2, -0.15) is 0 Å². The van der Waals surface area contributed by atoms with Gasteiger partial charge >= 0.3 is 0 Å². The molecule has 0 unspecified atom stereocenters. The van der Waals surface area contributed by atoms with E-state index in [1.807, 2.05) is 12.3 Å². The number of carbonyl (C=O) groups is 1. The van der Waals surface area contributed by atoms with Gasteiger partial charge in [-0.1, -0.05) is 11.6 Å². The molecule has 0 aromatic carbocycles. The lowest BCUT2D eigenvalue weighted by molar-refractivity contribution is 0.0688. The number of likely N-dealkylation sites (tertiary alicyclic amines) is 1. The SMILES string of the molecule is CN1CC2(CNC(=O)c3c2[nH]c2c3CCc3cnc(Cl)cc3-2)C1. The van der Waals surface area contributed by atoms with Gasteiger partial charge in [0, 0.05) is 37.1 Å². The summed E-state index contributed by atoms with van der Waals surface area (Å²) in [6, 6.07) is 1.91. The second kappa shape index (κ2) is 4.36. The average molecular weight is 329 g/mol. The molecule has 1 saturated heterocycles. The summed E-state index contributed by atoms with van der Waals surface area (Å²) in [6.07, 6.45) is 3.63. The molecule has 2 aromatic rings. The highest BCUT2D eigenvalue weighted by molar-refractivity contribution is 6.29. The number of aromatic nitrogens is 2. The van der Waals surface area contributed by atoms with Crippen molar-refractivity contribution in [1.82, 2.24) is 20.2 Å². The standard InChI is InChI=1S/C17H17ClN4O/c1-22-7-17(8-22)6-20-16(23)13-10-3-2-9-5-19-12(18)4-11(9)14(10)21-15(13)17/h4-5,21H,2-3,6-8H2,1H3,(H,20,23). The summed E-state index contributed by atoms with van der Waals surface area (Å²) in [7, 11) is 2.12. The van der Waals surface area contributed by atoms with E-state index in [1.165, 1.54) is 5.56 Å². The number of nitrogens with zero attached hydrogens (tertiary/aromatic N) is 2. The molecule has 0 atom stereocenters. The third kappa shape index (κ3) is 1.72. The van der Waals surface area contributed by atoms with Crippen molar-refractivity contribution in [2.75, 3.05) is 26.7 Å². The zero-order valence-corrected chi connectivity index (χ0v) is 13.6. The topological polar surface area (TPSA) is 61.0 Å². The van der Waals surface area contributed by atoms with Gasteiger partial charge in [-0.05, 0) is 37.1 Å². The average Bonchev–Trinajstić information content (AvgIpc) is 2.90. The number of rotatable bonds is 0. The fourth-order valence-corrected chi connectivity index (χ4v) is 4.66. The normalized spacial score (nSPS) is 21.2. The van der Waals surface area contributed by atoms with Gasteiger partial charge in [0.15, 0.2) is 0 Å². The molecular weight excluding hydrogens is 312 g/mol. The van der Waals surface area contributed by atoms with Gasteiger partial charge in [-0.3, -0.25) is 4.79 Å². The highest BCUT2D eigenvalue weighted by Gasteiger charge is 2.50. The van der Waals surface area contributed by atoms with E-state index < -0.39 is 0 Å². The number of hydrogen-bond donors (Lipinski definition) is 2. The third-order valence-corrected chi connectivity index (χ3v) is 5.67. The number of aromatic amines is 1. The molecule has 2 aromatic heterocycles. The van der Waals surface area contributed by atoms with Gasteiger partial charge in [0.1, 0.15) is 5.15 Å². The van der Waals surface area contributed by atoms with Crippen LogP contribution in [-0.2, 0) is 18.3 Å². The van der Waals surface area contributed by atoms with Gasteiger partial charge in [0.05, 0.1) is 16.7 Å². The number of fused-ring (bicyclic) bond motifs is 6. The number of halogens is 1. The minimum absolute atomic E-state index is 0.0340. The third-order valence-electron chi connectivity index (χ3n) is 5.46. The molecule has 0 radical (unpaired) electrons. The first-order valence-corrected chi connectivity index (χ1v) is 8.32. The number of aryl methyl sites for hydroxylation is 1. The molecule has 0 saturated carbocycles. The second-order valence-electron chi connectivity index (χ2n) is 7.03. The molecule has 2 aliphatic heterocycles. The number of amides is 1. The summed E-state index contributed by atoms with van der Waals surface area (Å²) in [5.74, 6) is 0.0567. The number of pyridine rings is 1. The molecule has 1 fully saturated rings. The molecule has 23 heavy (non-hydrogen) atoms. The van der Waals surface area contributed by atoms with Crippen LogP contribution < -0.4 is 5.32 Å². The van der Waals surface area contributed by atoms with E-state index in [-0.39, 0.29) is 11.3 Å². The Morgan fingerprint density at radius 1 is 1.35 bits per heavy atom. The molecule has 6 heteroatoms. The molecule has 4 heterocycles. The lowest BCUT2D eigenvalue weighted by Crippen LogP contribution is -2.65. The fourth-order valence-electron chi connectivity index (χ4n) is 4.50. The van der Waals surface area contributed by atoms with Crippen molar-refractivity contribution in [3.63, 3.8) is 0 Å². The predicted octanol–water partition coefficient (Wildman–Crippen LogP) is 1.76. The van der Waals surface area contributed by atoms with Crippen molar-refractivity contribution in [2.45, 2.75) is 18.3 Å². The monoisotopic (exact) mass is 328 g/mol. The Hall–Kier alpha value is -1.85. The first kappa shape index (κ1) is 13.6. The summed E-state index contributed by atoms with van der Waals surface area (Å²) in [5.41, 5.74) is 6.51. The molecule has 0 bridgehead atoms. The van der Waals surface area contributed by atoms with Gasteiger partial charge in [-0.15, -0.1) is 0 Å². The summed E-state index contributed by atoms with van der Waals surface area (Å²) >= 11 is 6.10. The lowest BCUT2D eigenvalue weighted by Gasteiger charge is -2.50. The molecule has 3 aliphatic rings. The lowest BCUT2D eigenvalue weighted by atomic mass is 9.73. The molecule has 1 aliphatic carbocycles. The van der Waals surface area contributed by atoms with Crippen LogP contribution in [0.3, 0.4) is 0 Å². The van der Waals surface area contributed by atoms with Crippen LogP contribution in [-0.4, -0.2) is 47.5 Å². The molecule has 118 valence electrons. The largest absolute Gasteiger partial charge is 0.357 e. The molecule has 2 N–H and O–H groups in total. The molecule has 1 amide bonds. The van der Waals surface area contributed by atoms with Crippen LogP contribution in [0.15, 0.2) is 12.3 Å². The Bertz CT molecular complexity index is 851. The first-order chi connectivity index (χ1) is 11.1. The van der Waals surface area contributed by atoms with Crippen LogP contribution in [0, 0.1) is 0 Å². The highest BCUT2D eigenvalue weighted by atomic mass is 35.5. The van der Waals surface area contributed by atoms with Crippen LogP contribution in [0.2, 0.25) is 5.15 Å². The highest BCUT2D eigenvalue weighted by Crippen LogP contribution is 2.44. The maximum absolute atomic E-state index is 12.5. The van der Waals surface area contributed by atoms with Crippen LogP contribution in [0.25, 0.3) is 11.3 Å². The van der Waals surface area contributed by atoms with Crippen molar-refractivity contribution in [3.8, 4) is 11.3 Å². The van der Waals surface area contributed by atoms with Crippen LogP contribution in [0.5, 0.6) is 0 Å². The second-order valence-corrected chi connectivity index (χ2v) is 7.42. The number of hydrogen-bond acceptors (Lipinski definition) is 3. The summed E-state index contributed by atoms with van der Waals surface area (Å²) in [6.45, 7) is 2.67. The van der Waals surface area contributed by atoms with E-state index in [0.717, 1.165) is 54.0 Å². The predicted molar refractivity (Wildman–Crippen MR) is 87.9 cm³/mol. The summed E-state index contributed by atoms with van der Waals surface area (Å²) < 4.78 is 0. The van der Waals surface area contributed by atoms with Gasteiger partial charge < -0.3 is 15.2 Å². The Balaban J connectivity index is 1.74. The first-order valence-electron chi connectivity index (χ1n) is 7.94. The molecule has 1 spiro atoms. The Morgan fingerprint density at radius 3 is 2.96 bits per heavy atom. The smallest absolute Gasteiger partial charge is 0.253 e. The maximum Gasteiger partial charge on any atom is 0.253 e. The Labute approximate surface area is 139 Å². The van der Waals surface area contributed by atoms with Crippen LogP contribution in [0.4, 0.5) is 0 Å². The number of nitrogens with one attached hydrogen (secondary N) is 2. The minimum Gasteiger partial charge on any atom is -0.357 e. The van der Waals surface area contributed by atoms with Gasteiger partial charge in [0.25, 0.3) is 5.91 Å². The molecule has 5 rings (SSSR count). The van der Waals surface area contributed by atoms with Gasteiger partial charge in [0.2, 0.25) is 0 Å². The maximum atomic E-state index is 12.5. The molecule has 5 nitrogen and oxygen atoms in total. The van der Waals surface area contributed by atoms with Crippen LogP contribution in [0.1, 0.15) is 27.2 Å². The van der Waals surface area contributed by atoms with E-state index >= 15 is 0 Å². The van der Waals surface area contributed by atoms with E-state index in [1.54, 1.807) is 0 Å². The number of H-pyrrole nitrogens is 1. The molecular formula is C17H17ClN4O. The minimum atomic E-state index is 0.0340.